The van der Waals surface area contributed by atoms with Crippen molar-refractivity contribution in [3.8, 4) is 5.75 Å². The Bertz CT molecular complexity index is 502. The van der Waals surface area contributed by atoms with Gasteiger partial charge in [0.05, 0.1) is 12.6 Å². The smallest absolute Gasteiger partial charge is 0.406 e. The first-order valence-corrected chi connectivity index (χ1v) is 7.30. The van der Waals surface area contributed by atoms with Gasteiger partial charge in [0.15, 0.2) is 5.96 Å². The molecule has 0 saturated carbocycles. The van der Waals surface area contributed by atoms with E-state index < -0.39 is 12.5 Å². The molecule has 0 bridgehead atoms. The summed E-state index contributed by atoms with van der Waals surface area (Å²) in [6.07, 6.45) is -5.65. The Kier molecular flexibility index (Phi) is 7.15. The lowest BCUT2D eigenvalue weighted by molar-refractivity contribution is -0.274. The van der Waals surface area contributed by atoms with E-state index in [1.165, 1.54) is 12.1 Å². The molecule has 0 aliphatic rings. The molecule has 1 atom stereocenters. The Balaban J connectivity index is 2.67. The molecule has 0 spiro atoms. The topological polar surface area (TPSA) is 65.9 Å². The Morgan fingerprint density at radius 1 is 1.26 bits per heavy atom. The summed E-state index contributed by atoms with van der Waals surface area (Å²) < 4.78 is 40.0. The van der Waals surface area contributed by atoms with Crippen LogP contribution in [-0.2, 0) is 0 Å². The Morgan fingerprint density at radius 3 is 2.35 bits per heavy atom. The summed E-state index contributed by atoms with van der Waals surface area (Å²) in [5, 5.41) is 16.2. The highest BCUT2D eigenvalue weighted by molar-refractivity contribution is 5.80. The van der Waals surface area contributed by atoms with Gasteiger partial charge in [-0.25, -0.2) is 0 Å². The maximum atomic E-state index is 12.1. The van der Waals surface area contributed by atoms with E-state index in [1.807, 2.05) is 20.8 Å². The van der Waals surface area contributed by atoms with E-state index in [0.717, 1.165) is 12.1 Å². The summed E-state index contributed by atoms with van der Waals surface area (Å²) in [4.78, 5) is 4.24. The van der Waals surface area contributed by atoms with Crippen molar-refractivity contribution in [1.82, 2.24) is 10.6 Å². The summed E-state index contributed by atoms with van der Waals surface area (Å²) in [5.74, 6) is 0.241. The third-order valence-corrected chi connectivity index (χ3v) is 2.69. The maximum Gasteiger partial charge on any atom is 0.573 e. The molecule has 23 heavy (non-hydrogen) atoms. The van der Waals surface area contributed by atoms with Gasteiger partial charge < -0.3 is 20.5 Å². The summed E-state index contributed by atoms with van der Waals surface area (Å²) in [7, 11) is 0. The van der Waals surface area contributed by atoms with Crippen LogP contribution in [0.25, 0.3) is 0 Å². The molecule has 1 aromatic rings. The molecule has 0 amide bonds. The quantitative estimate of drug-likeness (QED) is 0.553. The number of halogens is 3. The molecule has 1 rings (SSSR count). The molecule has 8 heteroatoms. The average Bonchev–Trinajstić information content (AvgIpc) is 2.43. The van der Waals surface area contributed by atoms with Crippen LogP contribution in [0.3, 0.4) is 0 Å². The summed E-state index contributed by atoms with van der Waals surface area (Å²) in [6, 6.07) is 5.26. The SMILES string of the molecule is CCNC(=NCC(O)c1ccc(OC(F)(F)F)cc1)NC(C)C. The van der Waals surface area contributed by atoms with Crippen molar-refractivity contribution in [2.75, 3.05) is 13.1 Å². The fourth-order valence-corrected chi connectivity index (χ4v) is 1.77. The maximum absolute atomic E-state index is 12.1. The fourth-order valence-electron chi connectivity index (χ4n) is 1.77. The van der Waals surface area contributed by atoms with Crippen LogP contribution in [0.15, 0.2) is 29.3 Å². The Morgan fingerprint density at radius 2 is 1.87 bits per heavy atom. The molecular formula is C15H22F3N3O2. The van der Waals surface area contributed by atoms with E-state index in [0.29, 0.717) is 18.1 Å². The lowest BCUT2D eigenvalue weighted by Crippen LogP contribution is -2.41. The highest BCUT2D eigenvalue weighted by Gasteiger charge is 2.31. The van der Waals surface area contributed by atoms with Crippen molar-refractivity contribution in [3.63, 3.8) is 0 Å². The second-order valence-electron chi connectivity index (χ2n) is 5.15. The molecule has 3 N–H and O–H groups in total. The zero-order chi connectivity index (χ0) is 17.5. The number of benzene rings is 1. The number of aliphatic hydroxyl groups excluding tert-OH is 1. The van der Waals surface area contributed by atoms with Gasteiger partial charge in [-0.3, -0.25) is 4.99 Å². The molecule has 0 aliphatic heterocycles. The van der Waals surface area contributed by atoms with E-state index in [1.54, 1.807) is 0 Å². The molecule has 130 valence electrons. The first-order valence-electron chi connectivity index (χ1n) is 7.30. The molecule has 0 aromatic heterocycles. The minimum absolute atomic E-state index is 0.0848. The molecule has 0 aliphatic carbocycles. The van der Waals surface area contributed by atoms with Crippen LogP contribution >= 0.6 is 0 Å². The zero-order valence-electron chi connectivity index (χ0n) is 13.3. The number of nitrogens with one attached hydrogen (secondary N) is 2. The van der Waals surface area contributed by atoms with Crippen molar-refractivity contribution in [3.05, 3.63) is 29.8 Å². The molecule has 1 unspecified atom stereocenters. The standard InChI is InChI=1S/C15H22F3N3O2/c1-4-19-14(21-10(2)3)20-9-13(22)11-5-7-12(8-6-11)23-15(16,17)18/h5-8,10,13,22H,4,9H2,1-3H3,(H2,19,20,21). The normalized spacial score (nSPS) is 13.8. The number of hydrogen-bond donors (Lipinski definition) is 3. The monoisotopic (exact) mass is 333 g/mol. The number of aliphatic hydroxyl groups is 1. The summed E-state index contributed by atoms with van der Waals surface area (Å²) in [5.41, 5.74) is 0.462. The Hall–Kier alpha value is -1.96. The molecule has 0 radical (unpaired) electrons. The molecule has 0 fully saturated rings. The number of guanidine groups is 1. The van der Waals surface area contributed by atoms with Gasteiger partial charge in [0, 0.05) is 12.6 Å². The third kappa shape index (κ3) is 7.73. The van der Waals surface area contributed by atoms with E-state index in [-0.39, 0.29) is 18.3 Å². The van der Waals surface area contributed by atoms with Crippen molar-refractivity contribution < 1.29 is 23.0 Å². The average molecular weight is 333 g/mol. The van der Waals surface area contributed by atoms with Crippen LogP contribution in [0, 0.1) is 0 Å². The van der Waals surface area contributed by atoms with E-state index in [9.17, 15) is 18.3 Å². The number of alkyl halides is 3. The number of hydrogen-bond acceptors (Lipinski definition) is 3. The van der Waals surface area contributed by atoms with Gasteiger partial charge >= 0.3 is 6.36 Å². The highest BCUT2D eigenvalue weighted by Crippen LogP contribution is 2.24. The molecular weight excluding hydrogens is 311 g/mol. The zero-order valence-corrected chi connectivity index (χ0v) is 13.3. The second-order valence-corrected chi connectivity index (χ2v) is 5.15. The molecule has 1 aromatic carbocycles. The van der Waals surface area contributed by atoms with Crippen molar-refractivity contribution in [2.24, 2.45) is 4.99 Å². The predicted molar refractivity (Wildman–Crippen MR) is 82.3 cm³/mol. The Labute approximate surface area is 133 Å². The lowest BCUT2D eigenvalue weighted by Gasteiger charge is -2.15. The van der Waals surface area contributed by atoms with Crippen molar-refractivity contribution >= 4 is 5.96 Å². The lowest BCUT2D eigenvalue weighted by atomic mass is 10.1. The molecule has 0 heterocycles. The number of aliphatic imine (C=N–C) groups is 1. The van der Waals surface area contributed by atoms with Crippen LogP contribution in [-0.4, -0.2) is 36.6 Å². The van der Waals surface area contributed by atoms with Gasteiger partial charge in [0.2, 0.25) is 0 Å². The minimum Gasteiger partial charge on any atom is -0.406 e. The van der Waals surface area contributed by atoms with Gasteiger partial charge in [-0.05, 0) is 38.5 Å². The second kappa shape index (κ2) is 8.61. The summed E-state index contributed by atoms with van der Waals surface area (Å²) in [6.45, 7) is 6.61. The highest BCUT2D eigenvalue weighted by atomic mass is 19.4. The molecule has 0 saturated heterocycles. The molecule has 5 nitrogen and oxygen atoms in total. The van der Waals surface area contributed by atoms with Crippen LogP contribution in [0.5, 0.6) is 5.75 Å². The van der Waals surface area contributed by atoms with Gasteiger partial charge in [-0.1, -0.05) is 12.1 Å². The largest absolute Gasteiger partial charge is 0.573 e. The van der Waals surface area contributed by atoms with Crippen LogP contribution in [0.1, 0.15) is 32.4 Å². The first kappa shape index (κ1) is 19.1. The third-order valence-electron chi connectivity index (χ3n) is 2.69. The predicted octanol–water partition coefficient (Wildman–Crippen LogP) is 2.58. The van der Waals surface area contributed by atoms with Crippen LogP contribution < -0.4 is 15.4 Å². The minimum atomic E-state index is -4.73. The fraction of sp³-hybridized carbons (Fsp3) is 0.533. The number of nitrogens with zero attached hydrogens (tertiary/aromatic N) is 1. The van der Waals surface area contributed by atoms with Crippen molar-refractivity contribution in [2.45, 2.75) is 39.3 Å². The van der Waals surface area contributed by atoms with Gasteiger partial charge in [0.1, 0.15) is 5.75 Å². The van der Waals surface area contributed by atoms with Gasteiger partial charge in [-0.2, -0.15) is 0 Å². The number of ether oxygens (including phenoxy) is 1. The number of rotatable bonds is 6. The van der Waals surface area contributed by atoms with Crippen LogP contribution in [0.4, 0.5) is 13.2 Å². The van der Waals surface area contributed by atoms with E-state index >= 15 is 0 Å². The van der Waals surface area contributed by atoms with E-state index in [2.05, 4.69) is 20.4 Å². The summed E-state index contributed by atoms with van der Waals surface area (Å²) >= 11 is 0. The van der Waals surface area contributed by atoms with Crippen molar-refractivity contribution in [1.29, 1.82) is 0 Å². The van der Waals surface area contributed by atoms with Gasteiger partial charge in [0.25, 0.3) is 0 Å². The van der Waals surface area contributed by atoms with Crippen LogP contribution in [0.2, 0.25) is 0 Å². The van der Waals surface area contributed by atoms with Gasteiger partial charge in [-0.15, -0.1) is 13.2 Å². The van der Waals surface area contributed by atoms with E-state index in [4.69, 9.17) is 0 Å². The first-order chi connectivity index (χ1) is 10.7.